The molecule has 2 saturated carbocycles. The van der Waals surface area contributed by atoms with Crippen LogP contribution >= 0.6 is 0 Å². The molecule has 3 aliphatic rings. The van der Waals surface area contributed by atoms with Crippen molar-refractivity contribution in [1.82, 2.24) is 15.3 Å². The first-order chi connectivity index (χ1) is 12.2. The van der Waals surface area contributed by atoms with Crippen molar-refractivity contribution in [3.63, 3.8) is 0 Å². The fraction of sp³-hybridized carbons (Fsp3) is 0.737. The molecule has 6 heteroatoms. The lowest BCUT2D eigenvalue weighted by Gasteiger charge is -2.25. The maximum absolute atomic E-state index is 11.6. The number of piperidine rings is 1. The molecule has 0 aromatic carbocycles. The summed E-state index contributed by atoms with van der Waals surface area (Å²) in [6.07, 6.45) is 10.7. The minimum Gasteiger partial charge on any atom is -0.367 e. The van der Waals surface area contributed by atoms with E-state index in [1.807, 2.05) is 6.20 Å². The maximum atomic E-state index is 11.6. The molecule has 1 aromatic rings. The van der Waals surface area contributed by atoms with Gasteiger partial charge in [-0.2, -0.15) is 4.98 Å². The fourth-order valence-electron chi connectivity index (χ4n) is 4.20. The first-order valence-corrected chi connectivity index (χ1v) is 9.78. The van der Waals surface area contributed by atoms with Crippen LogP contribution in [0, 0.1) is 5.92 Å². The largest absolute Gasteiger partial charge is 0.367 e. The molecule has 3 N–H and O–H groups in total. The molecule has 2 aliphatic carbocycles. The molecule has 136 valence electrons. The number of hydrogen-bond acceptors (Lipinski definition) is 6. The standard InChI is InChI=1S/C19H29N5O/c1-13-3-2-4-16(13)23-17-15(19(12-25)7-8-19)11-21-18(24-17)22-14-5-9-20-10-6-14/h11-14,16,20H,2-10H2,1H3,(H2,21,22,23,24). The van der Waals surface area contributed by atoms with Crippen molar-refractivity contribution >= 4 is 18.1 Å². The van der Waals surface area contributed by atoms with Gasteiger partial charge in [0.05, 0.1) is 5.41 Å². The Kier molecular flexibility index (Phi) is 4.63. The van der Waals surface area contributed by atoms with Crippen LogP contribution in [0.3, 0.4) is 0 Å². The normalized spacial score (nSPS) is 28.5. The number of rotatable bonds is 6. The second-order valence-corrected chi connectivity index (χ2v) is 8.06. The van der Waals surface area contributed by atoms with E-state index >= 15 is 0 Å². The van der Waals surface area contributed by atoms with E-state index in [1.54, 1.807) is 0 Å². The van der Waals surface area contributed by atoms with Crippen molar-refractivity contribution in [3.8, 4) is 0 Å². The van der Waals surface area contributed by atoms with Gasteiger partial charge in [-0.05, 0) is 57.5 Å². The molecule has 0 spiro atoms. The number of nitrogens with one attached hydrogen (secondary N) is 3. The second kappa shape index (κ2) is 6.90. The number of hydrogen-bond donors (Lipinski definition) is 3. The quantitative estimate of drug-likeness (QED) is 0.689. The Hall–Kier alpha value is -1.69. The van der Waals surface area contributed by atoms with Crippen LogP contribution in [-0.2, 0) is 10.2 Å². The Morgan fingerprint density at radius 2 is 2.00 bits per heavy atom. The zero-order valence-corrected chi connectivity index (χ0v) is 15.1. The molecule has 0 amide bonds. The van der Waals surface area contributed by atoms with E-state index in [-0.39, 0.29) is 5.41 Å². The molecular formula is C19H29N5O. The molecule has 4 rings (SSSR count). The summed E-state index contributed by atoms with van der Waals surface area (Å²) in [7, 11) is 0. The van der Waals surface area contributed by atoms with Crippen LogP contribution in [0.15, 0.2) is 6.20 Å². The third kappa shape index (κ3) is 3.50. The summed E-state index contributed by atoms with van der Waals surface area (Å²) in [5, 5.41) is 10.5. The van der Waals surface area contributed by atoms with Crippen LogP contribution in [0.5, 0.6) is 0 Å². The highest BCUT2D eigenvalue weighted by Gasteiger charge is 2.47. The third-order valence-corrected chi connectivity index (χ3v) is 6.20. The van der Waals surface area contributed by atoms with Gasteiger partial charge in [-0.1, -0.05) is 13.3 Å². The number of carbonyl (C=O) groups is 1. The molecule has 1 saturated heterocycles. The highest BCUT2D eigenvalue weighted by Crippen LogP contribution is 2.48. The summed E-state index contributed by atoms with van der Waals surface area (Å²) in [6.45, 7) is 4.37. The van der Waals surface area contributed by atoms with Gasteiger partial charge >= 0.3 is 0 Å². The maximum Gasteiger partial charge on any atom is 0.224 e. The van der Waals surface area contributed by atoms with Crippen LogP contribution < -0.4 is 16.0 Å². The Morgan fingerprint density at radius 1 is 1.20 bits per heavy atom. The van der Waals surface area contributed by atoms with E-state index in [9.17, 15) is 4.79 Å². The Bertz CT molecular complexity index is 624. The van der Waals surface area contributed by atoms with Crippen LogP contribution in [0.25, 0.3) is 0 Å². The van der Waals surface area contributed by atoms with Gasteiger partial charge in [0.25, 0.3) is 0 Å². The molecule has 2 unspecified atom stereocenters. The van der Waals surface area contributed by atoms with E-state index in [0.717, 1.165) is 56.4 Å². The average Bonchev–Trinajstić information content (AvgIpc) is 3.33. The van der Waals surface area contributed by atoms with E-state index in [2.05, 4.69) is 27.9 Å². The predicted molar refractivity (Wildman–Crippen MR) is 98.9 cm³/mol. The third-order valence-electron chi connectivity index (χ3n) is 6.20. The van der Waals surface area contributed by atoms with E-state index < -0.39 is 0 Å². The topological polar surface area (TPSA) is 78.9 Å². The van der Waals surface area contributed by atoms with Crippen LogP contribution in [0.1, 0.15) is 57.4 Å². The molecule has 3 fully saturated rings. The van der Waals surface area contributed by atoms with Gasteiger partial charge in [-0.25, -0.2) is 4.98 Å². The fourth-order valence-corrected chi connectivity index (χ4v) is 4.20. The molecule has 25 heavy (non-hydrogen) atoms. The predicted octanol–water partition coefficient (Wildman–Crippen LogP) is 2.47. The van der Waals surface area contributed by atoms with Crippen molar-refractivity contribution in [3.05, 3.63) is 11.8 Å². The number of nitrogens with zero attached hydrogens (tertiary/aromatic N) is 2. The Balaban J connectivity index is 1.57. The Morgan fingerprint density at radius 3 is 2.64 bits per heavy atom. The van der Waals surface area contributed by atoms with Crippen molar-refractivity contribution < 1.29 is 4.79 Å². The highest BCUT2D eigenvalue weighted by atomic mass is 16.1. The summed E-state index contributed by atoms with van der Waals surface area (Å²) in [5.74, 6) is 2.20. The summed E-state index contributed by atoms with van der Waals surface area (Å²) < 4.78 is 0. The van der Waals surface area contributed by atoms with Gasteiger partial charge in [-0.3, -0.25) is 0 Å². The summed E-state index contributed by atoms with van der Waals surface area (Å²) in [6, 6.07) is 0.870. The van der Waals surface area contributed by atoms with Crippen molar-refractivity contribution in [2.24, 2.45) is 5.92 Å². The van der Waals surface area contributed by atoms with Gasteiger partial charge in [0.15, 0.2) is 0 Å². The van der Waals surface area contributed by atoms with Gasteiger partial charge in [0.1, 0.15) is 12.1 Å². The number of carbonyl (C=O) groups excluding carboxylic acids is 1. The van der Waals surface area contributed by atoms with Gasteiger partial charge in [0.2, 0.25) is 5.95 Å². The molecule has 2 heterocycles. The summed E-state index contributed by atoms with van der Waals surface area (Å²) >= 11 is 0. The minimum absolute atomic E-state index is 0.350. The molecule has 0 radical (unpaired) electrons. The van der Waals surface area contributed by atoms with Gasteiger partial charge < -0.3 is 20.7 Å². The number of aldehydes is 1. The van der Waals surface area contributed by atoms with Crippen LogP contribution in [0.4, 0.5) is 11.8 Å². The molecule has 0 bridgehead atoms. The lowest BCUT2D eigenvalue weighted by molar-refractivity contribution is -0.109. The SMILES string of the molecule is CC1CCCC1Nc1nc(NC2CCNCC2)ncc1C1(C=O)CC1. The molecule has 6 nitrogen and oxygen atoms in total. The second-order valence-electron chi connectivity index (χ2n) is 8.06. The average molecular weight is 343 g/mol. The lowest BCUT2D eigenvalue weighted by Crippen LogP contribution is -2.36. The van der Waals surface area contributed by atoms with E-state index in [4.69, 9.17) is 4.98 Å². The molecule has 1 aromatic heterocycles. The van der Waals surface area contributed by atoms with E-state index in [1.165, 1.54) is 19.3 Å². The molecule has 1 aliphatic heterocycles. The monoisotopic (exact) mass is 343 g/mol. The van der Waals surface area contributed by atoms with Crippen LogP contribution in [0.2, 0.25) is 0 Å². The summed E-state index contributed by atoms with van der Waals surface area (Å²) in [4.78, 5) is 21.0. The van der Waals surface area contributed by atoms with Crippen LogP contribution in [-0.4, -0.2) is 41.4 Å². The first-order valence-electron chi connectivity index (χ1n) is 9.78. The number of aromatic nitrogens is 2. The summed E-state index contributed by atoms with van der Waals surface area (Å²) in [5.41, 5.74) is 0.634. The zero-order valence-electron chi connectivity index (χ0n) is 15.1. The minimum atomic E-state index is -0.350. The van der Waals surface area contributed by atoms with Gasteiger partial charge in [-0.15, -0.1) is 0 Å². The Labute approximate surface area is 149 Å². The molecule has 2 atom stereocenters. The van der Waals surface area contributed by atoms with Crippen molar-refractivity contribution in [2.75, 3.05) is 23.7 Å². The molecular weight excluding hydrogens is 314 g/mol. The smallest absolute Gasteiger partial charge is 0.224 e. The van der Waals surface area contributed by atoms with Gasteiger partial charge in [0, 0.05) is 23.8 Å². The van der Waals surface area contributed by atoms with Crippen molar-refractivity contribution in [2.45, 2.75) is 69.4 Å². The zero-order chi connectivity index (χ0) is 17.3. The first kappa shape index (κ1) is 16.8. The van der Waals surface area contributed by atoms with E-state index in [0.29, 0.717) is 23.9 Å². The lowest BCUT2D eigenvalue weighted by atomic mass is 9.99. The van der Waals surface area contributed by atoms with Crippen molar-refractivity contribution in [1.29, 1.82) is 0 Å². The highest BCUT2D eigenvalue weighted by molar-refractivity contribution is 5.76. The number of anilines is 2.